The maximum atomic E-state index is 13.0. The zero-order valence-electron chi connectivity index (χ0n) is 29.7. The summed E-state index contributed by atoms with van der Waals surface area (Å²) in [5, 5.41) is 10.7. The Morgan fingerprint density at radius 3 is 2.53 bits per heavy atom. The van der Waals surface area contributed by atoms with E-state index in [0.29, 0.717) is 23.7 Å². The molecule has 53 heavy (non-hydrogen) atoms. The number of unbranched alkanes of at least 4 members (excludes halogenated alkanes) is 5. The second kappa shape index (κ2) is 17.5. The van der Waals surface area contributed by atoms with Gasteiger partial charge in [0.25, 0.3) is 11.8 Å². The summed E-state index contributed by atoms with van der Waals surface area (Å²) in [4.78, 5) is 65.7. The first kappa shape index (κ1) is 37.4. The summed E-state index contributed by atoms with van der Waals surface area (Å²) >= 11 is 1.71. The lowest BCUT2D eigenvalue weighted by atomic mass is 10.0. The predicted octanol–water partition coefficient (Wildman–Crippen LogP) is 4.91. The molecule has 276 valence electrons. The van der Waals surface area contributed by atoms with E-state index in [0.717, 1.165) is 67.9 Å². The number of ether oxygens (including phenoxy) is 1. The van der Waals surface area contributed by atoms with E-state index in [1.165, 1.54) is 10.5 Å². The Morgan fingerprint density at radius 2 is 1.72 bits per heavy atom. The first-order valence-corrected chi connectivity index (χ1v) is 18.8. The normalized spacial score (nSPS) is 15.6. The highest BCUT2D eigenvalue weighted by Crippen LogP contribution is 2.30. The van der Waals surface area contributed by atoms with Crippen LogP contribution < -0.4 is 15.8 Å². The Labute approximate surface area is 312 Å². The molecule has 14 heteroatoms. The fourth-order valence-electron chi connectivity index (χ4n) is 6.49. The molecule has 2 aliphatic heterocycles. The van der Waals surface area contributed by atoms with Crippen molar-refractivity contribution in [2.45, 2.75) is 74.6 Å². The van der Waals surface area contributed by atoms with Crippen LogP contribution in [0.2, 0.25) is 0 Å². The fraction of sp³-hybridized carbons (Fsp3) is 0.359. The van der Waals surface area contributed by atoms with Gasteiger partial charge >= 0.3 is 0 Å². The minimum Gasteiger partial charge on any atom is -0.494 e. The SMILES string of the molecule is CN(CCCCCCCCOc1ccc2c(c1)C(=O)N(C1CCC(=O)NC1=O)C2=O)Cc1cccc(SCc2cn(-c3cccc(C(N)=O)c3)nn2)c1. The van der Waals surface area contributed by atoms with Gasteiger partial charge in [-0.1, -0.05) is 49.1 Å². The van der Waals surface area contributed by atoms with E-state index in [1.807, 2.05) is 12.3 Å². The molecule has 0 bridgehead atoms. The van der Waals surface area contributed by atoms with E-state index in [9.17, 15) is 24.0 Å². The highest BCUT2D eigenvalue weighted by molar-refractivity contribution is 7.98. The lowest BCUT2D eigenvalue weighted by Crippen LogP contribution is -2.54. The van der Waals surface area contributed by atoms with E-state index >= 15 is 0 Å². The van der Waals surface area contributed by atoms with E-state index in [-0.39, 0.29) is 24.0 Å². The third kappa shape index (κ3) is 9.56. The Morgan fingerprint density at radius 1 is 0.943 bits per heavy atom. The van der Waals surface area contributed by atoms with Gasteiger partial charge in [-0.15, -0.1) is 16.9 Å². The number of nitrogens with two attached hydrogens (primary N) is 1. The van der Waals surface area contributed by atoms with Crippen LogP contribution in [0.5, 0.6) is 5.75 Å². The van der Waals surface area contributed by atoms with Gasteiger partial charge < -0.3 is 15.4 Å². The van der Waals surface area contributed by atoms with Crippen LogP contribution in [0.4, 0.5) is 0 Å². The molecule has 13 nitrogen and oxygen atoms in total. The molecule has 1 saturated heterocycles. The molecule has 5 amide bonds. The average molecular weight is 738 g/mol. The Balaban J connectivity index is 0.841. The number of rotatable bonds is 18. The fourth-order valence-corrected chi connectivity index (χ4v) is 7.35. The monoisotopic (exact) mass is 737 g/mol. The van der Waals surface area contributed by atoms with Crippen molar-refractivity contribution in [2.75, 3.05) is 20.2 Å². The summed E-state index contributed by atoms with van der Waals surface area (Å²) in [6, 6.07) is 19.4. The molecule has 0 saturated carbocycles. The minimum atomic E-state index is -0.983. The second-order valence-corrected chi connectivity index (χ2v) is 14.4. The van der Waals surface area contributed by atoms with Gasteiger partial charge in [-0.05, 0) is 86.9 Å². The molecular formula is C39H43N7O6S. The number of piperidine rings is 1. The van der Waals surface area contributed by atoms with Crippen LogP contribution in [-0.4, -0.2) is 80.6 Å². The number of thioether (sulfide) groups is 1. The van der Waals surface area contributed by atoms with Crippen LogP contribution in [0.3, 0.4) is 0 Å². The van der Waals surface area contributed by atoms with Crippen LogP contribution >= 0.6 is 11.8 Å². The molecule has 1 aromatic heterocycles. The number of hydrogen-bond donors (Lipinski definition) is 2. The quantitative estimate of drug-likeness (QED) is 0.0813. The molecule has 3 N–H and O–H groups in total. The highest BCUT2D eigenvalue weighted by atomic mass is 32.2. The number of imide groups is 2. The summed E-state index contributed by atoms with van der Waals surface area (Å²) in [5.41, 5.74) is 9.13. The number of nitrogens with zero attached hydrogens (tertiary/aromatic N) is 5. The van der Waals surface area contributed by atoms with Gasteiger partial charge in [0.1, 0.15) is 11.8 Å². The van der Waals surface area contributed by atoms with Crippen LogP contribution in [0.15, 0.2) is 77.8 Å². The molecular weight excluding hydrogens is 695 g/mol. The van der Waals surface area contributed by atoms with Crippen molar-refractivity contribution >= 4 is 41.3 Å². The highest BCUT2D eigenvalue weighted by Gasteiger charge is 2.44. The first-order valence-electron chi connectivity index (χ1n) is 17.9. The van der Waals surface area contributed by atoms with E-state index < -0.39 is 35.6 Å². The van der Waals surface area contributed by atoms with E-state index in [4.69, 9.17) is 10.5 Å². The lowest BCUT2D eigenvalue weighted by Gasteiger charge is -2.27. The van der Waals surface area contributed by atoms with Crippen molar-refractivity contribution in [1.29, 1.82) is 0 Å². The number of nitrogens with one attached hydrogen (secondary N) is 1. The molecule has 3 heterocycles. The largest absolute Gasteiger partial charge is 0.494 e. The van der Waals surface area contributed by atoms with E-state index in [1.54, 1.807) is 52.8 Å². The maximum absolute atomic E-state index is 13.0. The number of aromatic nitrogens is 3. The predicted molar refractivity (Wildman–Crippen MR) is 199 cm³/mol. The van der Waals surface area contributed by atoms with Gasteiger partial charge in [0, 0.05) is 29.2 Å². The molecule has 0 spiro atoms. The van der Waals surface area contributed by atoms with Crippen LogP contribution in [-0.2, 0) is 21.9 Å². The number of carbonyl (C=O) groups is 5. The smallest absolute Gasteiger partial charge is 0.262 e. The van der Waals surface area contributed by atoms with Crippen molar-refractivity contribution in [3.05, 3.63) is 101 Å². The zero-order valence-corrected chi connectivity index (χ0v) is 30.5. The summed E-state index contributed by atoms with van der Waals surface area (Å²) in [6.07, 6.45) is 8.52. The molecule has 1 unspecified atom stereocenters. The van der Waals surface area contributed by atoms with Crippen molar-refractivity contribution in [2.24, 2.45) is 5.73 Å². The number of amides is 5. The molecule has 3 aromatic carbocycles. The Kier molecular flexibility index (Phi) is 12.3. The minimum absolute atomic E-state index is 0.0841. The molecule has 0 aliphatic carbocycles. The van der Waals surface area contributed by atoms with E-state index in [2.05, 4.69) is 51.8 Å². The summed E-state index contributed by atoms with van der Waals surface area (Å²) in [7, 11) is 2.15. The number of carbonyl (C=O) groups excluding carboxylic acids is 5. The van der Waals surface area contributed by atoms with Gasteiger partial charge in [0.2, 0.25) is 17.7 Å². The number of fused-ring (bicyclic) bond motifs is 1. The van der Waals surface area contributed by atoms with Crippen LogP contribution in [0.25, 0.3) is 5.69 Å². The summed E-state index contributed by atoms with van der Waals surface area (Å²) < 4.78 is 7.54. The van der Waals surface area contributed by atoms with Gasteiger partial charge in [-0.25, -0.2) is 4.68 Å². The van der Waals surface area contributed by atoms with Crippen molar-refractivity contribution in [1.82, 2.24) is 30.1 Å². The van der Waals surface area contributed by atoms with Crippen molar-refractivity contribution in [3.63, 3.8) is 0 Å². The lowest BCUT2D eigenvalue weighted by molar-refractivity contribution is -0.136. The van der Waals surface area contributed by atoms with Crippen LogP contribution in [0.1, 0.15) is 93.7 Å². The molecule has 6 rings (SSSR count). The molecule has 2 aliphatic rings. The topological polar surface area (TPSA) is 170 Å². The second-order valence-electron chi connectivity index (χ2n) is 13.4. The molecule has 1 fully saturated rings. The number of benzene rings is 3. The van der Waals surface area contributed by atoms with Gasteiger partial charge in [-0.3, -0.25) is 34.2 Å². The van der Waals surface area contributed by atoms with Gasteiger partial charge in [-0.2, -0.15) is 0 Å². The average Bonchev–Trinajstić information content (AvgIpc) is 3.72. The van der Waals surface area contributed by atoms with Gasteiger partial charge in [0.15, 0.2) is 0 Å². The molecule has 1 atom stereocenters. The standard InChI is InChI=1S/C39H43N7O6S/c1-44(23-26-10-8-13-31(20-26)53-25-28-24-45(43-42-28)29-12-9-11-27(21-29)36(40)48)18-6-4-2-3-5-7-19-52-30-14-15-32-33(22-30)39(51)46(38(32)50)34-16-17-35(47)41-37(34)49/h8-15,20-22,24,34H,2-7,16-19,23,25H2,1H3,(H2,40,48)(H,41,47,49). The summed E-state index contributed by atoms with van der Waals surface area (Å²) in [5.74, 6) is -1.38. The Bertz CT molecular complexity index is 2000. The molecule has 4 aromatic rings. The molecule has 0 radical (unpaired) electrons. The first-order chi connectivity index (χ1) is 25.7. The van der Waals surface area contributed by atoms with Crippen LogP contribution in [0, 0.1) is 0 Å². The third-order valence-electron chi connectivity index (χ3n) is 9.29. The number of primary amides is 1. The summed E-state index contributed by atoms with van der Waals surface area (Å²) in [6.45, 7) is 2.39. The van der Waals surface area contributed by atoms with Crippen molar-refractivity contribution < 1.29 is 28.7 Å². The third-order valence-corrected chi connectivity index (χ3v) is 10.3. The van der Waals surface area contributed by atoms with Gasteiger partial charge in [0.05, 0.1) is 35.3 Å². The Hall–Kier alpha value is -5.34. The zero-order chi connectivity index (χ0) is 37.3. The number of hydrogen-bond acceptors (Lipinski definition) is 10. The maximum Gasteiger partial charge on any atom is 0.262 e. The van der Waals surface area contributed by atoms with Crippen molar-refractivity contribution in [3.8, 4) is 11.4 Å².